The van der Waals surface area contributed by atoms with Crippen LogP contribution >= 0.6 is 0 Å². The van der Waals surface area contributed by atoms with Gasteiger partial charge in [0.05, 0.1) is 0 Å². The van der Waals surface area contributed by atoms with Gasteiger partial charge in [-0.25, -0.2) is 4.98 Å². The third-order valence-corrected chi connectivity index (χ3v) is 5.51. The molecule has 0 radical (unpaired) electrons. The lowest BCUT2D eigenvalue weighted by atomic mass is 9.72. The van der Waals surface area contributed by atoms with Gasteiger partial charge in [0.2, 0.25) is 5.95 Å². The summed E-state index contributed by atoms with van der Waals surface area (Å²) in [7, 11) is 1.68. The minimum absolute atomic E-state index is 0.485. The minimum Gasteiger partial charge on any atom is -0.385 e. The number of hydrogen-bond donors (Lipinski definition) is 2. The lowest BCUT2D eigenvalue weighted by Crippen LogP contribution is -2.33. The van der Waals surface area contributed by atoms with Crippen LogP contribution in [0.2, 0.25) is 0 Å². The molecule has 2 aliphatic heterocycles. The summed E-state index contributed by atoms with van der Waals surface area (Å²) in [6.45, 7) is 6.21. The summed E-state index contributed by atoms with van der Waals surface area (Å²) in [6.07, 6.45) is 6.93. The fourth-order valence-electron chi connectivity index (χ4n) is 3.89. The molecule has 0 spiro atoms. The van der Waals surface area contributed by atoms with Gasteiger partial charge in [0.25, 0.3) is 0 Å². The average Bonchev–Trinajstić information content (AvgIpc) is 3.15. The minimum atomic E-state index is 0.485. The molecule has 0 amide bonds. The zero-order chi connectivity index (χ0) is 18.1. The van der Waals surface area contributed by atoms with Crippen molar-refractivity contribution in [3.63, 3.8) is 0 Å². The van der Waals surface area contributed by atoms with Crippen molar-refractivity contribution in [1.82, 2.24) is 20.2 Å². The van der Waals surface area contributed by atoms with Gasteiger partial charge in [-0.2, -0.15) is 10.1 Å². The fraction of sp³-hybridized carbons (Fsp3) is 0.632. The van der Waals surface area contributed by atoms with Crippen LogP contribution in [0.4, 0.5) is 17.6 Å². The highest BCUT2D eigenvalue weighted by molar-refractivity contribution is 5.54. The summed E-state index contributed by atoms with van der Waals surface area (Å²) in [5, 5.41) is 10.7. The number of nitrogens with zero attached hydrogens (tertiary/aromatic N) is 4. The molecular weight excluding hydrogens is 328 g/mol. The first kappa shape index (κ1) is 17.3. The van der Waals surface area contributed by atoms with Gasteiger partial charge < -0.3 is 15.0 Å². The van der Waals surface area contributed by atoms with Crippen molar-refractivity contribution < 1.29 is 4.74 Å². The lowest BCUT2D eigenvalue weighted by Gasteiger charge is -2.33. The Kier molecular flexibility index (Phi) is 4.56. The van der Waals surface area contributed by atoms with E-state index >= 15 is 0 Å². The fourth-order valence-corrected chi connectivity index (χ4v) is 3.89. The third kappa shape index (κ3) is 3.53. The second kappa shape index (κ2) is 6.87. The standard InChI is InChI=1S/C16H20N6.C3H8O/c1-16-7-11(8-16)22(9-16)15-17-5-4-13(19-15)18-14-6-12(20-21-14)10-2-3-10;1-3-4-2/h4-6,10-11H,2-3,7-9H2,1H3,(H2,17,18,19,20,21);3H2,1-2H3. The molecule has 2 aliphatic carbocycles. The smallest absolute Gasteiger partial charge is 0.227 e. The number of hydrogen-bond acceptors (Lipinski definition) is 6. The van der Waals surface area contributed by atoms with E-state index in [1.54, 1.807) is 7.11 Å². The predicted molar refractivity (Wildman–Crippen MR) is 102 cm³/mol. The van der Waals surface area contributed by atoms with E-state index in [-0.39, 0.29) is 0 Å². The summed E-state index contributed by atoms with van der Waals surface area (Å²) in [5.41, 5.74) is 1.71. The van der Waals surface area contributed by atoms with E-state index < -0.39 is 0 Å². The molecule has 4 heterocycles. The third-order valence-electron chi connectivity index (χ3n) is 5.51. The number of H-pyrrole nitrogens is 1. The molecule has 4 fully saturated rings. The van der Waals surface area contributed by atoms with Gasteiger partial charge in [-0.3, -0.25) is 5.10 Å². The predicted octanol–water partition coefficient (Wildman–Crippen LogP) is 3.46. The lowest BCUT2D eigenvalue weighted by molar-refractivity contribution is 0.215. The van der Waals surface area contributed by atoms with Crippen molar-refractivity contribution in [2.24, 2.45) is 5.41 Å². The maximum atomic E-state index is 4.68. The Morgan fingerprint density at radius 1 is 1.35 bits per heavy atom. The number of methoxy groups -OCH3 is 1. The Labute approximate surface area is 154 Å². The first-order chi connectivity index (χ1) is 12.6. The van der Waals surface area contributed by atoms with Crippen molar-refractivity contribution in [2.45, 2.75) is 51.5 Å². The Balaban J connectivity index is 0.000000385. The van der Waals surface area contributed by atoms with Gasteiger partial charge in [0, 0.05) is 50.2 Å². The number of nitrogens with one attached hydrogen (secondary N) is 2. The monoisotopic (exact) mass is 356 g/mol. The van der Waals surface area contributed by atoms with Crippen LogP contribution in [0.5, 0.6) is 0 Å². The van der Waals surface area contributed by atoms with E-state index in [1.165, 1.54) is 31.4 Å². The second-order valence-electron chi connectivity index (χ2n) is 7.93. The van der Waals surface area contributed by atoms with E-state index in [1.807, 2.05) is 19.2 Å². The zero-order valence-electron chi connectivity index (χ0n) is 15.8. The number of ether oxygens (including phenoxy) is 1. The molecule has 2 saturated carbocycles. The molecular formula is C19H28N6O. The molecule has 2 aromatic rings. The molecule has 0 aromatic carbocycles. The average molecular weight is 356 g/mol. The molecule has 6 rings (SSSR count). The van der Waals surface area contributed by atoms with Crippen LogP contribution in [0, 0.1) is 5.41 Å². The quantitative estimate of drug-likeness (QED) is 0.854. The Bertz CT molecular complexity index is 748. The molecule has 2 N–H and O–H groups in total. The first-order valence-corrected chi connectivity index (χ1v) is 9.51. The number of anilines is 3. The zero-order valence-corrected chi connectivity index (χ0v) is 15.8. The normalized spacial score (nSPS) is 26.1. The molecule has 2 aromatic heterocycles. The van der Waals surface area contributed by atoms with Crippen molar-refractivity contribution >= 4 is 17.6 Å². The van der Waals surface area contributed by atoms with Crippen molar-refractivity contribution in [3.05, 3.63) is 24.0 Å². The first-order valence-electron chi connectivity index (χ1n) is 9.51. The van der Waals surface area contributed by atoms with Gasteiger partial charge in [-0.15, -0.1) is 0 Å². The summed E-state index contributed by atoms with van der Waals surface area (Å²) in [4.78, 5) is 11.5. The van der Waals surface area contributed by atoms with E-state index in [2.05, 4.69) is 48.1 Å². The Morgan fingerprint density at radius 2 is 2.12 bits per heavy atom. The van der Waals surface area contributed by atoms with E-state index in [0.717, 1.165) is 30.7 Å². The van der Waals surface area contributed by atoms with Crippen molar-refractivity contribution in [1.29, 1.82) is 0 Å². The summed E-state index contributed by atoms with van der Waals surface area (Å²) >= 11 is 0. The van der Waals surface area contributed by atoms with Gasteiger partial charge in [-0.05, 0) is 44.1 Å². The summed E-state index contributed by atoms with van der Waals surface area (Å²) < 4.78 is 4.54. The number of aromatic amines is 1. The highest BCUT2D eigenvalue weighted by Crippen LogP contribution is 2.52. The topological polar surface area (TPSA) is 79.0 Å². The second-order valence-corrected chi connectivity index (χ2v) is 7.93. The van der Waals surface area contributed by atoms with Crippen LogP contribution in [0.15, 0.2) is 18.3 Å². The number of aromatic nitrogens is 4. The summed E-state index contributed by atoms with van der Waals surface area (Å²) in [5.74, 6) is 3.17. The van der Waals surface area contributed by atoms with Crippen LogP contribution < -0.4 is 10.2 Å². The van der Waals surface area contributed by atoms with Gasteiger partial charge in [-0.1, -0.05) is 6.92 Å². The maximum absolute atomic E-state index is 4.68. The highest BCUT2D eigenvalue weighted by atomic mass is 16.5. The Morgan fingerprint density at radius 3 is 2.73 bits per heavy atom. The van der Waals surface area contributed by atoms with E-state index in [0.29, 0.717) is 17.4 Å². The van der Waals surface area contributed by atoms with E-state index in [4.69, 9.17) is 0 Å². The van der Waals surface area contributed by atoms with Crippen LogP contribution in [0.3, 0.4) is 0 Å². The van der Waals surface area contributed by atoms with Crippen molar-refractivity contribution in [3.8, 4) is 0 Å². The largest absolute Gasteiger partial charge is 0.385 e. The molecule has 2 bridgehead atoms. The number of fused-ring (bicyclic) bond motifs is 1. The van der Waals surface area contributed by atoms with Gasteiger partial charge in [0.15, 0.2) is 5.82 Å². The highest BCUT2D eigenvalue weighted by Gasteiger charge is 2.52. The molecule has 7 heteroatoms. The van der Waals surface area contributed by atoms with Crippen LogP contribution in [0.1, 0.15) is 51.1 Å². The van der Waals surface area contributed by atoms with Crippen LogP contribution in [0.25, 0.3) is 0 Å². The molecule has 140 valence electrons. The Hall–Kier alpha value is -2.15. The molecule has 7 nitrogen and oxygen atoms in total. The van der Waals surface area contributed by atoms with E-state index in [9.17, 15) is 0 Å². The van der Waals surface area contributed by atoms with Gasteiger partial charge >= 0.3 is 0 Å². The van der Waals surface area contributed by atoms with Crippen LogP contribution in [-0.2, 0) is 4.74 Å². The molecule has 0 unspecified atom stereocenters. The van der Waals surface area contributed by atoms with Crippen molar-refractivity contribution in [2.75, 3.05) is 30.5 Å². The molecule has 0 atom stereocenters. The number of rotatable bonds is 5. The molecule has 4 aliphatic rings. The van der Waals surface area contributed by atoms with Crippen LogP contribution in [-0.4, -0.2) is 46.5 Å². The molecule has 26 heavy (non-hydrogen) atoms. The molecule has 2 saturated heterocycles. The summed E-state index contributed by atoms with van der Waals surface area (Å²) in [6, 6.07) is 4.62. The maximum Gasteiger partial charge on any atom is 0.227 e. The SMILES string of the molecule is CC12CC(C1)N(c1nccc(Nc3cc(C4CC4)[nH]n3)n1)C2.CCOC. The van der Waals surface area contributed by atoms with Gasteiger partial charge in [0.1, 0.15) is 5.82 Å².